The van der Waals surface area contributed by atoms with Crippen LogP contribution >= 0.6 is 23.2 Å². The van der Waals surface area contributed by atoms with Crippen molar-refractivity contribution in [3.63, 3.8) is 0 Å². The summed E-state index contributed by atoms with van der Waals surface area (Å²) in [5.41, 5.74) is 0.345. The van der Waals surface area contributed by atoms with Crippen molar-refractivity contribution in [2.45, 2.75) is 25.0 Å². The van der Waals surface area contributed by atoms with E-state index in [1.165, 1.54) is 0 Å². The normalized spacial score (nSPS) is 23.4. The molecule has 1 fully saturated rings. The molecule has 8 heteroatoms. The highest BCUT2D eigenvalue weighted by atomic mass is 35.5. The number of H-pyrrole nitrogens is 1. The quantitative estimate of drug-likeness (QED) is 0.901. The average molecular weight is 328 g/mol. The highest BCUT2D eigenvalue weighted by Gasteiger charge is 2.37. The molecule has 1 aliphatic heterocycles. The Morgan fingerprint density at radius 2 is 2.24 bits per heavy atom. The van der Waals surface area contributed by atoms with Gasteiger partial charge in [0.05, 0.1) is 21.9 Å². The second-order valence-corrected chi connectivity index (χ2v) is 6.13. The summed E-state index contributed by atoms with van der Waals surface area (Å²) in [6.07, 6.45) is 4.68. The van der Waals surface area contributed by atoms with Crippen LogP contribution in [-0.4, -0.2) is 43.5 Å². The summed E-state index contributed by atoms with van der Waals surface area (Å²) < 4.78 is 0. The van der Waals surface area contributed by atoms with E-state index in [1.807, 2.05) is 0 Å². The Morgan fingerprint density at radius 1 is 1.38 bits per heavy atom. The molecule has 1 aliphatic rings. The molecule has 2 aromatic rings. The predicted octanol–water partition coefficient (Wildman–Crippen LogP) is 1.99. The number of piperidine rings is 1. The minimum atomic E-state index is -0.982. The lowest BCUT2D eigenvalue weighted by Crippen LogP contribution is -2.46. The van der Waals surface area contributed by atoms with E-state index in [0.29, 0.717) is 35.2 Å². The summed E-state index contributed by atoms with van der Waals surface area (Å²) in [7, 11) is 0. The molecule has 6 nitrogen and oxygen atoms in total. The number of rotatable bonds is 3. The van der Waals surface area contributed by atoms with Crippen molar-refractivity contribution < 1.29 is 5.11 Å². The van der Waals surface area contributed by atoms with E-state index < -0.39 is 5.60 Å². The van der Waals surface area contributed by atoms with Gasteiger partial charge in [0, 0.05) is 19.3 Å². The minimum absolute atomic E-state index is 0.472. The zero-order valence-corrected chi connectivity index (χ0v) is 12.8. The predicted molar refractivity (Wildman–Crippen MR) is 79.0 cm³/mol. The van der Waals surface area contributed by atoms with Crippen LogP contribution < -0.4 is 0 Å². The molecule has 0 aliphatic carbocycles. The van der Waals surface area contributed by atoms with Gasteiger partial charge in [0.15, 0.2) is 0 Å². The molecule has 0 aromatic carbocycles. The fourth-order valence-electron chi connectivity index (χ4n) is 2.66. The minimum Gasteiger partial charge on any atom is -0.382 e. The van der Waals surface area contributed by atoms with Crippen molar-refractivity contribution in [3.05, 3.63) is 39.9 Å². The molecule has 0 saturated carbocycles. The first-order valence-corrected chi connectivity index (χ1v) is 7.43. The van der Waals surface area contributed by atoms with E-state index in [4.69, 9.17) is 23.2 Å². The van der Waals surface area contributed by atoms with Gasteiger partial charge in [-0.1, -0.05) is 23.2 Å². The van der Waals surface area contributed by atoms with Crippen LogP contribution in [0.5, 0.6) is 0 Å². The Hall–Kier alpha value is -1.21. The third kappa shape index (κ3) is 3.18. The zero-order valence-electron chi connectivity index (χ0n) is 11.3. The lowest BCUT2D eigenvalue weighted by atomic mass is 9.90. The molecule has 21 heavy (non-hydrogen) atoms. The van der Waals surface area contributed by atoms with Gasteiger partial charge in [-0.3, -0.25) is 9.88 Å². The van der Waals surface area contributed by atoms with E-state index in [2.05, 4.69) is 25.3 Å². The number of halogens is 2. The molecular formula is C13H15Cl2N5O. The second-order valence-electron chi connectivity index (χ2n) is 5.28. The van der Waals surface area contributed by atoms with Crippen LogP contribution in [0, 0.1) is 0 Å². The van der Waals surface area contributed by atoms with E-state index >= 15 is 0 Å². The number of aromatic amines is 1. The summed E-state index contributed by atoms with van der Waals surface area (Å²) in [5, 5.41) is 22.1. The first kappa shape index (κ1) is 14.7. The van der Waals surface area contributed by atoms with Crippen LogP contribution in [0.1, 0.15) is 24.2 Å². The highest BCUT2D eigenvalue weighted by Crippen LogP contribution is 2.31. The standard InChI is InChI=1S/C13H15Cl2N5O/c14-9-4-10(15)11(16-5-9)7-20-3-1-2-13(21,8-20)12-6-17-19-18-12/h4-6,21H,1-3,7-8H2,(H,17,18,19). The monoisotopic (exact) mass is 327 g/mol. The molecule has 3 heterocycles. The molecule has 2 aromatic heterocycles. The number of hydrogen-bond acceptors (Lipinski definition) is 5. The van der Waals surface area contributed by atoms with Gasteiger partial charge in [-0.05, 0) is 25.5 Å². The zero-order chi connectivity index (χ0) is 14.9. The number of nitrogens with zero attached hydrogens (tertiary/aromatic N) is 4. The van der Waals surface area contributed by atoms with Crippen LogP contribution in [0.15, 0.2) is 18.5 Å². The maximum absolute atomic E-state index is 10.8. The third-order valence-electron chi connectivity index (χ3n) is 3.70. The first-order valence-electron chi connectivity index (χ1n) is 6.68. The molecule has 0 spiro atoms. The van der Waals surface area contributed by atoms with Gasteiger partial charge < -0.3 is 5.11 Å². The molecule has 3 rings (SSSR count). The Labute approximate surface area is 132 Å². The Kier molecular flexibility index (Phi) is 4.12. The summed E-state index contributed by atoms with van der Waals surface area (Å²) in [6.45, 7) is 1.91. The first-order chi connectivity index (χ1) is 10.1. The summed E-state index contributed by atoms with van der Waals surface area (Å²) in [5.74, 6) is 0. The van der Waals surface area contributed by atoms with E-state index in [0.717, 1.165) is 18.7 Å². The van der Waals surface area contributed by atoms with Crippen molar-refractivity contribution in [3.8, 4) is 0 Å². The second kappa shape index (κ2) is 5.88. The molecule has 1 saturated heterocycles. The largest absolute Gasteiger partial charge is 0.382 e. The van der Waals surface area contributed by atoms with Crippen molar-refractivity contribution in [2.24, 2.45) is 0 Å². The molecular weight excluding hydrogens is 313 g/mol. The maximum Gasteiger partial charge on any atom is 0.123 e. The Bertz CT molecular complexity index is 621. The van der Waals surface area contributed by atoms with Crippen molar-refractivity contribution >= 4 is 23.2 Å². The molecule has 2 N–H and O–H groups in total. The van der Waals surface area contributed by atoms with Crippen LogP contribution in [0.3, 0.4) is 0 Å². The van der Waals surface area contributed by atoms with Gasteiger partial charge in [0.25, 0.3) is 0 Å². The van der Waals surface area contributed by atoms with Crippen LogP contribution in [0.2, 0.25) is 10.0 Å². The van der Waals surface area contributed by atoms with Crippen molar-refractivity contribution in [1.29, 1.82) is 0 Å². The molecule has 1 unspecified atom stereocenters. The fraction of sp³-hybridized carbons (Fsp3) is 0.462. The van der Waals surface area contributed by atoms with Gasteiger partial charge >= 0.3 is 0 Å². The maximum atomic E-state index is 10.8. The third-order valence-corrected chi connectivity index (χ3v) is 4.23. The SMILES string of the molecule is OC1(c2cn[nH]n2)CCCN(Cc2ncc(Cl)cc2Cl)C1. The summed E-state index contributed by atoms with van der Waals surface area (Å²) in [6, 6.07) is 1.68. The number of aromatic nitrogens is 4. The van der Waals surface area contributed by atoms with E-state index in [9.17, 15) is 5.11 Å². The number of pyridine rings is 1. The molecule has 0 bridgehead atoms. The molecule has 112 valence electrons. The van der Waals surface area contributed by atoms with Crippen molar-refractivity contribution in [1.82, 2.24) is 25.3 Å². The number of hydrogen-bond donors (Lipinski definition) is 2. The lowest BCUT2D eigenvalue weighted by molar-refractivity contribution is -0.0417. The number of likely N-dealkylation sites (tertiary alicyclic amines) is 1. The van der Waals surface area contributed by atoms with Crippen LogP contribution in [0.4, 0.5) is 0 Å². The van der Waals surface area contributed by atoms with E-state index in [1.54, 1.807) is 18.5 Å². The van der Waals surface area contributed by atoms with Crippen LogP contribution in [-0.2, 0) is 12.1 Å². The van der Waals surface area contributed by atoms with Gasteiger partial charge in [-0.2, -0.15) is 15.4 Å². The van der Waals surface area contributed by atoms with E-state index in [-0.39, 0.29) is 0 Å². The number of aliphatic hydroxyl groups is 1. The van der Waals surface area contributed by atoms with Gasteiger partial charge in [0.1, 0.15) is 11.3 Å². The average Bonchev–Trinajstić information content (AvgIpc) is 2.97. The highest BCUT2D eigenvalue weighted by molar-refractivity contribution is 6.34. The topological polar surface area (TPSA) is 77.9 Å². The molecule has 0 amide bonds. The van der Waals surface area contributed by atoms with Gasteiger partial charge in [-0.25, -0.2) is 0 Å². The molecule has 1 atom stereocenters. The van der Waals surface area contributed by atoms with Crippen LogP contribution in [0.25, 0.3) is 0 Å². The smallest absolute Gasteiger partial charge is 0.123 e. The Balaban J connectivity index is 1.74. The fourth-order valence-corrected chi connectivity index (χ4v) is 3.10. The summed E-state index contributed by atoms with van der Waals surface area (Å²) >= 11 is 12.0. The number of nitrogens with one attached hydrogen (secondary N) is 1. The van der Waals surface area contributed by atoms with Gasteiger partial charge in [0.2, 0.25) is 0 Å². The Morgan fingerprint density at radius 3 is 2.95 bits per heavy atom. The lowest BCUT2D eigenvalue weighted by Gasteiger charge is -2.37. The van der Waals surface area contributed by atoms with Crippen molar-refractivity contribution in [2.75, 3.05) is 13.1 Å². The summed E-state index contributed by atoms with van der Waals surface area (Å²) in [4.78, 5) is 6.37. The van der Waals surface area contributed by atoms with Gasteiger partial charge in [-0.15, -0.1) is 0 Å². The number of β-amino-alcohol motifs (C(OH)–C–C–N with tert-alkyl or cyclic N) is 1. The molecule has 0 radical (unpaired) electrons.